The van der Waals surface area contributed by atoms with Gasteiger partial charge in [0, 0.05) is 43.1 Å². The zero-order chi connectivity index (χ0) is 36.5. The van der Waals surface area contributed by atoms with E-state index >= 15 is 0 Å². The zero-order valence-corrected chi connectivity index (χ0v) is 29.5. The lowest BCUT2D eigenvalue weighted by atomic mass is 9.94. The van der Waals surface area contributed by atoms with E-state index in [2.05, 4.69) is 33.9 Å². The van der Waals surface area contributed by atoms with Crippen molar-refractivity contribution in [3.63, 3.8) is 0 Å². The average molecular weight is 721 g/mol. The molecule has 0 aliphatic heterocycles. The number of hydrogen-bond donors (Lipinski definition) is 2. The summed E-state index contributed by atoms with van der Waals surface area (Å²) in [6.45, 7) is 8.98. The second-order valence-corrected chi connectivity index (χ2v) is 13.2. The first-order valence-electron chi connectivity index (χ1n) is 16.7. The van der Waals surface area contributed by atoms with Crippen LogP contribution in [0, 0.1) is 5.82 Å². The number of alkyl halides is 3. The van der Waals surface area contributed by atoms with E-state index in [1.165, 1.54) is 36.0 Å². The number of nitrogens with one attached hydrogen (secondary N) is 2. The summed E-state index contributed by atoms with van der Waals surface area (Å²) in [5.41, 5.74) is 3.56. The normalized spacial score (nSPS) is 12.3. The Hall–Kier alpha value is -4.75. The number of amides is 1. The van der Waals surface area contributed by atoms with Crippen LogP contribution in [0.15, 0.2) is 95.1 Å². The van der Waals surface area contributed by atoms with E-state index < -0.39 is 17.7 Å². The number of hydrogen-bond acceptors (Lipinski definition) is 6. The fourth-order valence-electron chi connectivity index (χ4n) is 5.78. The molecule has 1 unspecified atom stereocenters. The van der Waals surface area contributed by atoms with Crippen molar-refractivity contribution in [3.8, 4) is 11.1 Å². The molecule has 2 N–H and O–H groups in total. The first-order chi connectivity index (χ1) is 24.4. The van der Waals surface area contributed by atoms with Crippen molar-refractivity contribution in [2.75, 3.05) is 26.2 Å². The Balaban J connectivity index is 1.41. The number of thioether (sulfide) groups is 1. The van der Waals surface area contributed by atoms with Crippen LogP contribution in [0.1, 0.15) is 60.2 Å². The van der Waals surface area contributed by atoms with Gasteiger partial charge in [-0.3, -0.25) is 14.7 Å². The molecule has 2 aromatic heterocycles. The molecule has 2 heterocycles. The molecule has 1 amide bonds. The van der Waals surface area contributed by atoms with E-state index in [9.17, 15) is 27.2 Å². The molecule has 5 aromatic rings. The minimum atomic E-state index is -4.41. The van der Waals surface area contributed by atoms with Crippen LogP contribution >= 0.6 is 11.8 Å². The number of carbonyl (C=O) groups excluding carboxylic acids is 1. The van der Waals surface area contributed by atoms with Crippen LogP contribution in [-0.4, -0.2) is 62.1 Å². The third-order valence-corrected chi connectivity index (χ3v) is 9.82. The predicted molar refractivity (Wildman–Crippen MR) is 191 cm³/mol. The van der Waals surface area contributed by atoms with Gasteiger partial charge in [0.05, 0.1) is 23.9 Å². The lowest BCUT2D eigenvalue weighted by molar-refractivity contribution is -0.137. The SMILES string of the molecule is CCN(CC)CCN(Cc1ccc(-c2ccc(C(F)(F)F)cc2)cc1)C(=O)Cc1nc(SCc2ccc(F)cc2)[nH]c(=O)c1C(C)c1cn[nH]c1. The molecular formula is C38H40F4N6O2S. The third kappa shape index (κ3) is 9.95. The Kier molecular flexibility index (Phi) is 12.5. The van der Waals surface area contributed by atoms with Crippen LogP contribution in [-0.2, 0) is 29.7 Å². The van der Waals surface area contributed by atoms with Gasteiger partial charge in [0.25, 0.3) is 5.56 Å². The van der Waals surface area contributed by atoms with Gasteiger partial charge in [-0.1, -0.05) is 81.1 Å². The van der Waals surface area contributed by atoms with Crippen molar-refractivity contribution in [1.82, 2.24) is 30.0 Å². The summed E-state index contributed by atoms with van der Waals surface area (Å²) in [5, 5.41) is 7.17. The Labute approximate surface area is 298 Å². The molecule has 0 spiro atoms. The Morgan fingerprint density at radius 3 is 2.12 bits per heavy atom. The van der Waals surface area contributed by atoms with Gasteiger partial charge < -0.3 is 14.8 Å². The molecule has 3 aromatic carbocycles. The highest BCUT2D eigenvalue weighted by atomic mass is 32.2. The molecule has 51 heavy (non-hydrogen) atoms. The van der Waals surface area contributed by atoms with E-state index in [0.29, 0.717) is 40.8 Å². The highest BCUT2D eigenvalue weighted by molar-refractivity contribution is 7.98. The maximum Gasteiger partial charge on any atom is 0.416 e. The second-order valence-electron chi connectivity index (χ2n) is 12.2. The fraction of sp³-hybridized carbons (Fsp3) is 0.316. The number of aromatic amines is 2. The minimum absolute atomic E-state index is 0.118. The number of halogens is 4. The van der Waals surface area contributed by atoms with Crippen LogP contribution in [0.5, 0.6) is 0 Å². The molecule has 0 saturated heterocycles. The number of H-pyrrole nitrogens is 2. The lowest BCUT2D eigenvalue weighted by Crippen LogP contribution is -2.39. The summed E-state index contributed by atoms with van der Waals surface area (Å²) >= 11 is 1.29. The molecule has 0 aliphatic rings. The summed E-state index contributed by atoms with van der Waals surface area (Å²) in [7, 11) is 0. The van der Waals surface area contributed by atoms with Crippen LogP contribution in [0.25, 0.3) is 11.1 Å². The summed E-state index contributed by atoms with van der Waals surface area (Å²) in [4.78, 5) is 39.5. The molecule has 8 nitrogen and oxygen atoms in total. The zero-order valence-electron chi connectivity index (χ0n) is 28.6. The number of aromatic nitrogens is 4. The highest BCUT2D eigenvalue weighted by Crippen LogP contribution is 2.31. The molecule has 0 saturated carbocycles. The first-order valence-corrected chi connectivity index (χ1v) is 17.7. The number of carbonyl (C=O) groups is 1. The second kappa shape index (κ2) is 17.0. The standard InChI is InChI=1S/C38H40F4N6O2S/c1-4-47(5-2)18-19-48(23-26-6-10-28(11-7-26)29-12-14-31(15-13-29)38(40,41)42)34(49)20-33-35(25(3)30-21-43-44-22-30)36(50)46-37(45-33)51-24-27-8-16-32(39)17-9-27/h6-17,21-22,25H,4-5,18-20,23-24H2,1-3H3,(H,43,44)(H,45,46,50). The maximum atomic E-state index is 14.2. The molecule has 0 fully saturated rings. The van der Waals surface area contributed by atoms with E-state index in [1.807, 2.05) is 31.2 Å². The fourth-order valence-corrected chi connectivity index (χ4v) is 6.61. The molecule has 268 valence electrons. The summed E-state index contributed by atoms with van der Waals surface area (Å²) < 4.78 is 52.6. The largest absolute Gasteiger partial charge is 0.416 e. The smallest absolute Gasteiger partial charge is 0.337 e. The van der Waals surface area contributed by atoms with Gasteiger partial charge >= 0.3 is 6.18 Å². The number of benzene rings is 3. The monoisotopic (exact) mass is 720 g/mol. The van der Waals surface area contributed by atoms with Gasteiger partial charge in [-0.15, -0.1) is 0 Å². The van der Waals surface area contributed by atoms with Crippen molar-refractivity contribution >= 4 is 17.7 Å². The molecule has 0 bridgehead atoms. The summed E-state index contributed by atoms with van der Waals surface area (Å²) in [6.07, 6.45) is -1.18. The molecule has 13 heteroatoms. The van der Waals surface area contributed by atoms with Crippen molar-refractivity contribution < 1.29 is 22.4 Å². The van der Waals surface area contributed by atoms with Gasteiger partial charge in [0.15, 0.2) is 5.16 Å². The van der Waals surface area contributed by atoms with E-state index in [4.69, 9.17) is 4.98 Å². The van der Waals surface area contributed by atoms with Gasteiger partial charge in [-0.2, -0.15) is 18.3 Å². The summed E-state index contributed by atoms with van der Waals surface area (Å²) in [5.74, 6) is -0.511. The van der Waals surface area contributed by atoms with Crippen LogP contribution in [0.4, 0.5) is 17.6 Å². The number of nitrogens with zero attached hydrogens (tertiary/aromatic N) is 4. The van der Waals surface area contributed by atoms with Crippen LogP contribution in [0.2, 0.25) is 0 Å². The van der Waals surface area contributed by atoms with Gasteiger partial charge in [-0.25, -0.2) is 9.37 Å². The van der Waals surface area contributed by atoms with Crippen LogP contribution in [0.3, 0.4) is 0 Å². The van der Waals surface area contributed by atoms with Crippen molar-refractivity contribution in [2.24, 2.45) is 0 Å². The third-order valence-electron chi connectivity index (χ3n) is 8.88. The van der Waals surface area contributed by atoms with Gasteiger partial charge in [0.2, 0.25) is 5.91 Å². The Morgan fingerprint density at radius 1 is 0.902 bits per heavy atom. The van der Waals surface area contributed by atoms with Gasteiger partial charge in [-0.05, 0) is 65.2 Å². The van der Waals surface area contributed by atoms with Crippen molar-refractivity contribution in [1.29, 1.82) is 0 Å². The molecule has 5 rings (SSSR count). The number of rotatable bonds is 15. The minimum Gasteiger partial charge on any atom is -0.337 e. The summed E-state index contributed by atoms with van der Waals surface area (Å²) in [6, 6.07) is 18.5. The van der Waals surface area contributed by atoms with Gasteiger partial charge in [0.1, 0.15) is 5.82 Å². The maximum absolute atomic E-state index is 14.2. The van der Waals surface area contributed by atoms with E-state index in [-0.39, 0.29) is 30.2 Å². The quantitative estimate of drug-likeness (QED) is 0.0655. The molecule has 0 radical (unpaired) electrons. The lowest BCUT2D eigenvalue weighted by Gasteiger charge is -2.27. The molecule has 1 atom stereocenters. The van der Waals surface area contributed by atoms with Crippen LogP contribution < -0.4 is 5.56 Å². The van der Waals surface area contributed by atoms with E-state index in [0.717, 1.165) is 47.5 Å². The Bertz CT molecular complexity index is 1930. The topological polar surface area (TPSA) is 98.0 Å². The Morgan fingerprint density at radius 2 is 1.53 bits per heavy atom. The molecule has 0 aliphatic carbocycles. The first kappa shape index (κ1) is 37.5. The average Bonchev–Trinajstić information content (AvgIpc) is 3.66. The van der Waals surface area contributed by atoms with Crippen molar-refractivity contribution in [2.45, 2.75) is 56.7 Å². The molecular weight excluding hydrogens is 681 g/mol. The van der Waals surface area contributed by atoms with Crippen molar-refractivity contribution in [3.05, 3.63) is 135 Å². The van der Waals surface area contributed by atoms with E-state index in [1.54, 1.807) is 29.4 Å². The number of likely N-dealkylation sites (N-methyl/N-ethyl adjacent to an activating group) is 1. The highest BCUT2D eigenvalue weighted by Gasteiger charge is 2.30. The predicted octanol–water partition coefficient (Wildman–Crippen LogP) is 7.68.